The predicted molar refractivity (Wildman–Crippen MR) is 48.6 cm³/mol. The second-order valence-electron chi connectivity index (χ2n) is 2.36. The van der Waals surface area contributed by atoms with Gasteiger partial charge in [-0.3, -0.25) is 4.79 Å². The number of hydrogen-bond acceptors (Lipinski definition) is 4. The Morgan fingerprint density at radius 2 is 2.38 bits per heavy atom. The number of anilines is 1. The summed E-state index contributed by atoms with van der Waals surface area (Å²) in [5.41, 5.74) is 6.22. The number of nitrogens with two attached hydrogens (primary N) is 1. The van der Waals surface area contributed by atoms with E-state index in [0.29, 0.717) is 5.69 Å². The topological polar surface area (TPSA) is 77.2 Å². The Labute approximate surface area is 75.9 Å². The van der Waals surface area contributed by atoms with Crippen molar-refractivity contribution in [2.24, 2.45) is 0 Å². The van der Waals surface area contributed by atoms with Gasteiger partial charge < -0.3 is 15.8 Å². The number of nitrogen functional groups attached to an aromatic ring is 1. The summed E-state index contributed by atoms with van der Waals surface area (Å²) in [7, 11) is 2.96. The molecule has 0 saturated heterocycles. The van der Waals surface area contributed by atoms with Crippen LogP contribution < -0.4 is 15.8 Å². The Kier molecular flexibility index (Phi) is 2.69. The normalized spacial score (nSPS) is 9.38. The first-order valence-electron chi connectivity index (χ1n) is 3.71. The monoisotopic (exact) mass is 181 g/mol. The van der Waals surface area contributed by atoms with Gasteiger partial charge in [-0.2, -0.15) is 0 Å². The van der Waals surface area contributed by atoms with Crippen molar-refractivity contribution < 1.29 is 9.53 Å². The Bertz CT molecular complexity index is 325. The van der Waals surface area contributed by atoms with Crippen molar-refractivity contribution in [3.8, 4) is 5.88 Å². The van der Waals surface area contributed by atoms with Gasteiger partial charge in [-0.25, -0.2) is 4.98 Å². The van der Waals surface area contributed by atoms with Gasteiger partial charge in [0.25, 0.3) is 5.91 Å². The molecule has 1 amide bonds. The maximum Gasteiger partial charge on any atom is 0.258 e. The third-order valence-electron chi connectivity index (χ3n) is 1.60. The number of ether oxygens (including phenoxy) is 1. The molecule has 5 heteroatoms. The summed E-state index contributed by atoms with van der Waals surface area (Å²) < 4.78 is 4.90. The van der Waals surface area contributed by atoms with Crippen LogP contribution in [0.15, 0.2) is 12.3 Å². The van der Waals surface area contributed by atoms with Crippen LogP contribution >= 0.6 is 0 Å². The molecular formula is C8H11N3O2. The smallest absolute Gasteiger partial charge is 0.258 e. The van der Waals surface area contributed by atoms with E-state index < -0.39 is 0 Å². The Hall–Kier alpha value is -1.78. The average Bonchev–Trinajstić information content (AvgIpc) is 2.16. The molecule has 0 aliphatic carbocycles. The molecule has 0 aliphatic heterocycles. The molecule has 1 aromatic rings. The highest BCUT2D eigenvalue weighted by Crippen LogP contribution is 2.20. The fourth-order valence-corrected chi connectivity index (χ4v) is 0.965. The van der Waals surface area contributed by atoms with Crippen molar-refractivity contribution in [3.05, 3.63) is 17.8 Å². The molecule has 0 unspecified atom stereocenters. The first kappa shape index (κ1) is 9.31. The SMILES string of the molecule is CNC(=O)c1c(N)ccnc1OC. The number of rotatable bonds is 2. The zero-order chi connectivity index (χ0) is 9.84. The Morgan fingerprint density at radius 3 is 2.92 bits per heavy atom. The number of nitrogens with one attached hydrogen (secondary N) is 1. The highest BCUT2D eigenvalue weighted by molar-refractivity contribution is 6.01. The molecule has 1 aromatic heterocycles. The van der Waals surface area contributed by atoms with Crippen molar-refractivity contribution in [2.75, 3.05) is 19.9 Å². The van der Waals surface area contributed by atoms with Gasteiger partial charge in [-0.15, -0.1) is 0 Å². The maximum absolute atomic E-state index is 11.3. The Balaban J connectivity index is 3.22. The van der Waals surface area contributed by atoms with Gasteiger partial charge in [-0.05, 0) is 6.07 Å². The molecule has 1 heterocycles. The van der Waals surface area contributed by atoms with Crippen molar-refractivity contribution in [1.29, 1.82) is 0 Å². The number of pyridine rings is 1. The van der Waals surface area contributed by atoms with Crippen LogP contribution in [0.4, 0.5) is 5.69 Å². The average molecular weight is 181 g/mol. The van der Waals surface area contributed by atoms with Crippen LogP contribution in [0.3, 0.4) is 0 Å². The molecule has 0 aromatic carbocycles. The van der Waals surface area contributed by atoms with Crippen LogP contribution in [-0.2, 0) is 0 Å². The van der Waals surface area contributed by atoms with E-state index in [1.165, 1.54) is 20.4 Å². The lowest BCUT2D eigenvalue weighted by molar-refractivity contribution is 0.0960. The zero-order valence-corrected chi connectivity index (χ0v) is 7.50. The molecule has 1 rings (SSSR count). The van der Waals surface area contributed by atoms with Crippen molar-refractivity contribution in [3.63, 3.8) is 0 Å². The van der Waals surface area contributed by atoms with Crippen LogP contribution in [0.2, 0.25) is 0 Å². The first-order chi connectivity index (χ1) is 6.20. The van der Waals surface area contributed by atoms with Crippen LogP contribution in [-0.4, -0.2) is 25.0 Å². The summed E-state index contributed by atoms with van der Waals surface area (Å²) in [6.45, 7) is 0. The number of aromatic nitrogens is 1. The maximum atomic E-state index is 11.3. The van der Waals surface area contributed by atoms with Crippen molar-refractivity contribution in [1.82, 2.24) is 10.3 Å². The lowest BCUT2D eigenvalue weighted by Crippen LogP contribution is -2.20. The summed E-state index contributed by atoms with van der Waals surface area (Å²) in [4.78, 5) is 15.2. The minimum atomic E-state index is -0.303. The number of carbonyl (C=O) groups is 1. The molecule has 0 spiro atoms. The number of hydrogen-bond donors (Lipinski definition) is 2. The van der Waals surface area contributed by atoms with E-state index in [-0.39, 0.29) is 17.4 Å². The number of amides is 1. The fourth-order valence-electron chi connectivity index (χ4n) is 0.965. The lowest BCUT2D eigenvalue weighted by Gasteiger charge is -2.07. The third kappa shape index (κ3) is 1.69. The lowest BCUT2D eigenvalue weighted by atomic mass is 10.2. The second kappa shape index (κ2) is 3.75. The highest BCUT2D eigenvalue weighted by atomic mass is 16.5. The van der Waals surface area contributed by atoms with Crippen molar-refractivity contribution >= 4 is 11.6 Å². The quantitative estimate of drug-likeness (QED) is 0.674. The highest BCUT2D eigenvalue weighted by Gasteiger charge is 2.14. The van der Waals surface area contributed by atoms with Gasteiger partial charge in [0.1, 0.15) is 5.56 Å². The molecular weight excluding hydrogens is 170 g/mol. The molecule has 0 aliphatic rings. The summed E-state index contributed by atoms with van der Waals surface area (Å²) in [6, 6.07) is 1.55. The van der Waals surface area contributed by atoms with Gasteiger partial charge >= 0.3 is 0 Å². The third-order valence-corrected chi connectivity index (χ3v) is 1.60. The van der Waals surface area contributed by atoms with Crippen LogP contribution in [0.5, 0.6) is 5.88 Å². The molecule has 0 radical (unpaired) electrons. The number of carbonyl (C=O) groups excluding carboxylic acids is 1. The van der Waals surface area contributed by atoms with E-state index >= 15 is 0 Å². The van der Waals surface area contributed by atoms with Crippen molar-refractivity contribution in [2.45, 2.75) is 0 Å². The van der Waals surface area contributed by atoms with Gasteiger partial charge in [0.05, 0.1) is 12.8 Å². The molecule has 0 atom stereocenters. The van der Waals surface area contributed by atoms with Crippen LogP contribution in [0.25, 0.3) is 0 Å². The summed E-state index contributed by atoms with van der Waals surface area (Å²) in [5.74, 6) is -0.0678. The zero-order valence-electron chi connectivity index (χ0n) is 7.50. The van der Waals surface area contributed by atoms with E-state index in [4.69, 9.17) is 10.5 Å². The van der Waals surface area contributed by atoms with E-state index in [1.807, 2.05) is 0 Å². The minimum Gasteiger partial charge on any atom is -0.480 e. The standard InChI is InChI=1S/C8H11N3O2/c1-10-7(12)6-5(9)3-4-11-8(6)13-2/h3-4H,1-2H3,(H2,9,11)(H,10,12). The number of nitrogens with zero attached hydrogens (tertiary/aromatic N) is 1. The molecule has 3 N–H and O–H groups in total. The van der Waals surface area contributed by atoms with Gasteiger partial charge in [0.2, 0.25) is 5.88 Å². The van der Waals surface area contributed by atoms with Crippen LogP contribution in [0.1, 0.15) is 10.4 Å². The number of methoxy groups -OCH3 is 1. The first-order valence-corrected chi connectivity index (χ1v) is 3.71. The minimum absolute atomic E-state index is 0.236. The Morgan fingerprint density at radius 1 is 1.69 bits per heavy atom. The van der Waals surface area contributed by atoms with E-state index in [9.17, 15) is 4.79 Å². The van der Waals surface area contributed by atoms with Gasteiger partial charge in [0, 0.05) is 13.2 Å². The summed E-state index contributed by atoms with van der Waals surface area (Å²) in [5, 5.41) is 2.46. The van der Waals surface area contributed by atoms with E-state index in [0.717, 1.165) is 0 Å². The molecule has 0 saturated carbocycles. The molecule has 5 nitrogen and oxygen atoms in total. The van der Waals surface area contributed by atoms with Crippen LogP contribution in [0, 0.1) is 0 Å². The van der Waals surface area contributed by atoms with Gasteiger partial charge in [0.15, 0.2) is 0 Å². The summed E-state index contributed by atoms with van der Waals surface area (Å²) >= 11 is 0. The molecule has 0 bridgehead atoms. The molecule has 0 fully saturated rings. The summed E-state index contributed by atoms with van der Waals surface area (Å²) in [6.07, 6.45) is 1.49. The second-order valence-corrected chi connectivity index (χ2v) is 2.36. The largest absolute Gasteiger partial charge is 0.480 e. The molecule has 13 heavy (non-hydrogen) atoms. The van der Waals surface area contributed by atoms with Gasteiger partial charge in [-0.1, -0.05) is 0 Å². The van der Waals surface area contributed by atoms with E-state index in [1.54, 1.807) is 6.07 Å². The van der Waals surface area contributed by atoms with E-state index in [2.05, 4.69) is 10.3 Å². The fraction of sp³-hybridized carbons (Fsp3) is 0.250. The molecule has 70 valence electrons. The predicted octanol–water partition coefficient (Wildman–Crippen LogP) is 0.0320.